The van der Waals surface area contributed by atoms with Gasteiger partial charge in [-0.1, -0.05) is 0 Å². The molecule has 11 heavy (non-hydrogen) atoms. The van der Waals surface area contributed by atoms with Crippen molar-refractivity contribution in [1.82, 2.24) is 0 Å². The summed E-state index contributed by atoms with van der Waals surface area (Å²) in [7, 11) is 0. The third-order valence-corrected chi connectivity index (χ3v) is 4.00. The second-order valence-corrected chi connectivity index (χ2v) is 4.88. The van der Waals surface area contributed by atoms with E-state index in [0.717, 1.165) is 0 Å². The van der Waals surface area contributed by atoms with Crippen molar-refractivity contribution < 1.29 is 31.0 Å². The van der Waals surface area contributed by atoms with Gasteiger partial charge < -0.3 is 1.43 Å². The Kier molecular flexibility index (Phi) is 2.38. The molecule has 0 aliphatic heterocycles. The molecule has 0 aromatic rings. The minimum absolute atomic E-state index is 0. The van der Waals surface area contributed by atoms with E-state index in [4.69, 9.17) is 0 Å². The molecular weight excluding hydrogens is 143 g/mol. The van der Waals surface area contributed by atoms with Crippen LogP contribution < -0.4 is 29.6 Å². The predicted octanol–water partition coefficient (Wildman–Crippen LogP) is -0.0509. The minimum atomic E-state index is 0. The fourth-order valence-corrected chi connectivity index (χ4v) is 3.98. The van der Waals surface area contributed by atoms with Crippen molar-refractivity contribution in [2.45, 2.75) is 38.5 Å². The average Bonchev–Trinajstić information content (AvgIpc) is 1.82. The van der Waals surface area contributed by atoms with Crippen LogP contribution in [0.1, 0.15) is 40.0 Å². The summed E-state index contributed by atoms with van der Waals surface area (Å²) in [6.07, 6.45) is 9.62. The van der Waals surface area contributed by atoms with Crippen molar-refractivity contribution in [2.75, 3.05) is 0 Å². The van der Waals surface area contributed by atoms with Crippen LogP contribution in [0.15, 0.2) is 0 Å². The van der Waals surface area contributed by atoms with Gasteiger partial charge in [-0.25, -0.2) is 0 Å². The van der Waals surface area contributed by atoms with E-state index in [0.29, 0.717) is 0 Å². The maximum atomic E-state index is 1.60. The zero-order valence-electron chi connectivity index (χ0n) is 8.55. The third kappa shape index (κ3) is 1.43. The second-order valence-electron chi connectivity index (χ2n) is 4.88. The predicted molar refractivity (Wildman–Crippen MR) is 42.8 cm³/mol. The Morgan fingerprint density at radius 3 is 0.909 bits per heavy atom. The first-order chi connectivity index (χ1) is 4.90. The summed E-state index contributed by atoms with van der Waals surface area (Å²) in [6, 6.07) is 0. The Morgan fingerprint density at radius 2 is 0.727 bits per heavy atom. The number of rotatable bonds is 0. The Labute approximate surface area is 92.9 Å². The summed E-state index contributed by atoms with van der Waals surface area (Å²) in [5.41, 5.74) is 0. The van der Waals surface area contributed by atoms with Gasteiger partial charge in [-0.3, -0.25) is 0 Å². The van der Waals surface area contributed by atoms with Crippen molar-refractivity contribution >= 4 is 0 Å². The molecule has 4 saturated carbocycles. The Morgan fingerprint density at radius 1 is 0.545 bits per heavy atom. The molecule has 4 fully saturated rings. The molecule has 0 aromatic carbocycles. The third-order valence-electron chi connectivity index (χ3n) is 4.00. The van der Waals surface area contributed by atoms with E-state index >= 15 is 0 Å². The molecule has 0 unspecified atom stereocenters. The fourth-order valence-electron chi connectivity index (χ4n) is 3.98. The van der Waals surface area contributed by atoms with Crippen LogP contribution in [-0.4, -0.2) is 0 Å². The molecule has 1 heteroatoms. The van der Waals surface area contributed by atoms with Crippen LogP contribution in [0.25, 0.3) is 0 Å². The molecule has 0 spiro atoms. The minimum Gasteiger partial charge on any atom is -1.00 e. The topological polar surface area (TPSA) is 0 Å². The van der Waals surface area contributed by atoms with Gasteiger partial charge in [0.25, 0.3) is 0 Å². The summed E-state index contributed by atoms with van der Waals surface area (Å²) in [6.45, 7) is 0. The van der Waals surface area contributed by atoms with Crippen LogP contribution in [0.4, 0.5) is 0 Å². The SMILES string of the molecule is C1C2CC3CC1CC(C2)C3.[H-].[Na+]. The van der Waals surface area contributed by atoms with Crippen LogP contribution in [0, 0.1) is 23.7 Å². The molecule has 58 valence electrons. The normalized spacial score (nSPS) is 52.4. The van der Waals surface area contributed by atoms with Gasteiger partial charge in [-0.2, -0.15) is 0 Å². The maximum Gasteiger partial charge on any atom is 1.00 e. The van der Waals surface area contributed by atoms with E-state index in [1.54, 1.807) is 38.5 Å². The van der Waals surface area contributed by atoms with Crippen LogP contribution in [-0.2, 0) is 0 Å². The van der Waals surface area contributed by atoms with Gasteiger partial charge in [0.2, 0.25) is 0 Å². The van der Waals surface area contributed by atoms with Crippen molar-refractivity contribution in [1.29, 1.82) is 0 Å². The summed E-state index contributed by atoms with van der Waals surface area (Å²) < 4.78 is 0. The van der Waals surface area contributed by atoms with Crippen molar-refractivity contribution in [3.8, 4) is 0 Å². The molecule has 0 atom stereocenters. The van der Waals surface area contributed by atoms with E-state index in [-0.39, 0.29) is 31.0 Å². The maximum absolute atomic E-state index is 1.60. The standard InChI is InChI=1S/C10H16.Na.H/c1-7-2-9-4-8(1)5-10(3-7)6-9;;/h7-10H,1-6H2;;/q;+1;-1. The van der Waals surface area contributed by atoms with Crippen LogP contribution >= 0.6 is 0 Å². The van der Waals surface area contributed by atoms with Crippen LogP contribution in [0.2, 0.25) is 0 Å². The summed E-state index contributed by atoms with van der Waals surface area (Å²) in [5.74, 6) is 4.71. The van der Waals surface area contributed by atoms with E-state index < -0.39 is 0 Å². The number of hydrogen-bond acceptors (Lipinski definition) is 0. The average molecular weight is 160 g/mol. The van der Waals surface area contributed by atoms with Gasteiger partial charge in [0.15, 0.2) is 0 Å². The Bertz CT molecular complexity index is 101. The van der Waals surface area contributed by atoms with Gasteiger partial charge in [-0.15, -0.1) is 0 Å². The first kappa shape index (κ1) is 8.59. The van der Waals surface area contributed by atoms with Crippen LogP contribution in [0.3, 0.4) is 0 Å². The molecular formula is C10H17Na. The van der Waals surface area contributed by atoms with E-state index in [1.165, 1.54) is 23.7 Å². The zero-order valence-corrected chi connectivity index (χ0v) is 9.55. The fraction of sp³-hybridized carbons (Fsp3) is 1.00. The van der Waals surface area contributed by atoms with E-state index in [2.05, 4.69) is 0 Å². The molecule has 4 rings (SSSR count). The molecule has 0 N–H and O–H groups in total. The monoisotopic (exact) mass is 160 g/mol. The molecule has 0 nitrogen and oxygen atoms in total. The summed E-state index contributed by atoms with van der Waals surface area (Å²) in [5, 5.41) is 0. The molecule has 0 amide bonds. The van der Waals surface area contributed by atoms with Crippen molar-refractivity contribution in [3.05, 3.63) is 0 Å². The summed E-state index contributed by atoms with van der Waals surface area (Å²) >= 11 is 0. The molecule has 4 bridgehead atoms. The Hall–Kier alpha value is 1.00. The van der Waals surface area contributed by atoms with Gasteiger partial charge in [0.05, 0.1) is 0 Å². The van der Waals surface area contributed by atoms with E-state index in [1.807, 2.05) is 0 Å². The zero-order chi connectivity index (χ0) is 6.55. The Balaban J connectivity index is 0.000000360. The first-order valence-electron chi connectivity index (χ1n) is 4.90. The smallest absolute Gasteiger partial charge is 1.00 e. The summed E-state index contributed by atoms with van der Waals surface area (Å²) in [4.78, 5) is 0. The molecule has 0 radical (unpaired) electrons. The molecule has 4 aliphatic rings. The molecule has 0 saturated heterocycles. The molecule has 0 heterocycles. The molecule has 4 aliphatic carbocycles. The van der Waals surface area contributed by atoms with Crippen molar-refractivity contribution in [2.24, 2.45) is 23.7 Å². The van der Waals surface area contributed by atoms with Crippen LogP contribution in [0.5, 0.6) is 0 Å². The molecule has 0 aromatic heterocycles. The first-order valence-corrected chi connectivity index (χ1v) is 4.90. The van der Waals surface area contributed by atoms with Gasteiger partial charge in [0, 0.05) is 0 Å². The van der Waals surface area contributed by atoms with E-state index in [9.17, 15) is 0 Å². The van der Waals surface area contributed by atoms with Gasteiger partial charge in [0.1, 0.15) is 0 Å². The number of hydrogen-bond donors (Lipinski definition) is 0. The van der Waals surface area contributed by atoms with Crippen molar-refractivity contribution in [3.63, 3.8) is 0 Å². The second kappa shape index (κ2) is 3.05. The quantitative estimate of drug-likeness (QED) is 0.436. The van der Waals surface area contributed by atoms with Gasteiger partial charge in [-0.05, 0) is 62.2 Å². The van der Waals surface area contributed by atoms with Gasteiger partial charge >= 0.3 is 29.6 Å². The largest absolute Gasteiger partial charge is 1.00 e.